The molecule has 4 heteroatoms. The summed E-state index contributed by atoms with van der Waals surface area (Å²) in [7, 11) is 0. The van der Waals surface area contributed by atoms with E-state index in [1.807, 2.05) is 30.6 Å². The Morgan fingerprint density at radius 1 is 1.32 bits per heavy atom. The largest absolute Gasteiger partial charge is 0.340 e. The predicted molar refractivity (Wildman–Crippen MR) is 76.0 cm³/mol. The lowest BCUT2D eigenvalue weighted by atomic mass is 10.2. The highest BCUT2D eigenvalue weighted by Crippen LogP contribution is 2.26. The molecule has 1 aromatic carbocycles. The second kappa shape index (κ2) is 5.76. The van der Waals surface area contributed by atoms with E-state index in [1.165, 1.54) is 19.4 Å². The van der Waals surface area contributed by atoms with Crippen molar-refractivity contribution in [2.24, 2.45) is 5.92 Å². The van der Waals surface area contributed by atoms with Crippen molar-refractivity contribution in [1.82, 2.24) is 9.55 Å². The molecular weight excluding hydrogens is 258 g/mol. The van der Waals surface area contributed by atoms with Gasteiger partial charge in [-0.15, -0.1) is 0 Å². The Kier molecular flexibility index (Phi) is 3.85. The number of nitrogens with zero attached hydrogens (tertiary/aromatic N) is 2. The Morgan fingerprint density at radius 2 is 2.16 bits per heavy atom. The van der Waals surface area contributed by atoms with E-state index in [0.29, 0.717) is 0 Å². The number of quaternary nitrogens is 1. The number of nitrogens with two attached hydrogens (primary N) is 1. The number of hydrogen-bond acceptors (Lipinski definition) is 1. The van der Waals surface area contributed by atoms with E-state index in [-0.39, 0.29) is 0 Å². The van der Waals surface area contributed by atoms with E-state index in [0.717, 1.165) is 35.4 Å². The fourth-order valence-electron chi connectivity index (χ4n) is 2.29. The zero-order valence-electron chi connectivity index (χ0n) is 10.9. The topological polar surface area (TPSA) is 34.4 Å². The molecule has 1 saturated carbocycles. The molecule has 0 unspecified atom stereocenters. The Labute approximate surface area is 118 Å². The number of imidazole rings is 1. The van der Waals surface area contributed by atoms with Crippen molar-refractivity contribution in [2.45, 2.75) is 25.9 Å². The smallest absolute Gasteiger partial charge is 0.164 e. The van der Waals surface area contributed by atoms with Gasteiger partial charge in [0.2, 0.25) is 0 Å². The van der Waals surface area contributed by atoms with E-state index in [2.05, 4.69) is 20.9 Å². The molecule has 3 nitrogen and oxygen atoms in total. The minimum Gasteiger partial charge on any atom is -0.340 e. The summed E-state index contributed by atoms with van der Waals surface area (Å²) >= 11 is 6.21. The molecule has 1 heterocycles. The number of hydrogen-bond donors (Lipinski definition) is 1. The highest BCUT2D eigenvalue weighted by atomic mass is 35.5. The van der Waals surface area contributed by atoms with Crippen molar-refractivity contribution >= 4 is 11.6 Å². The van der Waals surface area contributed by atoms with Crippen molar-refractivity contribution in [3.8, 4) is 0 Å². The average Bonchev–Trinajstić information content (AvgIpc) is 3.13. The molecule has 1 aromatic heterocycles. The van der Waals surface area contributed by atoms with Crippen molar-refractivity contribution in [1.29, 1.82) is 0 Å². The molecule has 0 amide bonds. The Bertz CT molecular complexity index is 546. The lowest BCUT2D eigenvalue weighted by Gasteiger charge is -2.08. The first-order valence-electron chi connectivity index (χ1n) is 6.88. The molecule has 2 N–H and O–H groups in total. The van der Waals surface area contributed by atoms with E-state index in [4.69, 9.17) is 11.6 Å². The minimum absolute atomic E-state index is 0.798. The quantitative estimate of drug-likeness (QED) is 0.861. The summed E-state index contributed by atoms with van der Waals surface area (Å²) in [5.41, 5.74) is 1.14. The van der Waals surface area contributed by atoms with Crippen LogP contribution in [0.3, 0.4) is 0 Å². The molecule has 0 aliphatic heterocycles. The third-order valence-electron chi connectivity index (χ3n) is 3.62. The van der Waals surface area contributed by atoms with Gasteiger partial charge in [-0.25, -0.2) is 4.98 Å². The van der Waals surface area contributed by atoms with Crippen LogP contribution in [-0.4, -0.2) is 16.1 Å². The maximum absolute atomic E-state index is 6.21. The van der Waals surface area contributed by atoms with Crippen LogP contribution in [0.15, 0.2) is 36.7 Å². The van der Waals surface area contributed by atoms with Crippen molar-refractivity contribution in [3.63, 3.8) is 0 Å². The summed E-state index contributed by atoms with van der Waals surface area (Å²) in [5.74, 6) is 2.08. The fourth-order valence-corrected chi connectivity index (χ4v) is 2.48. The summed E-state index contributed by atoms with van der Waals surface area (Å²) in [6.07, 6.45) is 6.72. The van der Waals surface area contributed by atoms with Crippen LogP contribution < -0.4 is 5.32 Å². The highest BCUT2D eigenvalue weighted by molar-refractivity contribution is 6.31. The highest BCUT2D eigenvalue weighted by Gasteiger charge is 2.23. The normalized spacial score (nSPS) is 14.8. The maximum Gasteiger partial charge on any atom is 0.164 e. The fraction of sp³-hybridized carbons (Fsp3) is 0.400. The molecule has 0 bridgehead atoms. The third kappa shape index (κ3) is 3.37. The number of halogens is 1. The van der Waals surface area contributed by atoms with Crippen molar-refractivity contribution in [3.05, 3.63) is 53.1 Å². The minimum atomic E-state index is 0.798. The summed E-state index contributed by atoms with van der Waals surface area (Å²) in [6.45, 7) is 2.99. The Morgan fingerprint density at radius 3 is 2.95 bits per heavy atom. The van der Waals surface area contributed by atoms with Gasteiger partial charge in [-0.05, 0) is 24.5 Å². The van der Waals surface area contributed by atoms with E-state index < -0.39 is 0 Å². The van der Waals surface area contributed by atoms with E-state index >= 15 is 0 Å². The van der Waals surface area contributed by atoms with Crippen LogP contribution in [0.2, 0.25) is 5.02 Å². The standard InChI is InChI=1S/C15H18ClN3/c16-14-4-2-1-3-13(14)11-19-8-7-18-15(19)10-17-9-12-5-6-12/h1-4,7-8,12,17H,5-6,9-11H2/p+1. The second-order valence-electron chi connectivity index (χ2n) is 5.23. The van der Waals surface area contributed by atoms with Crippen molar-refractivity contribution in [2.75, 3.05) is 6.54 Å². The Balaban J connectivity index is 1.64. The van der Waals surface area contributed by atoms with Gasteiger partial charge >= 0.3 is 0 Å². The predicted octanol–water partition coefficient (Wildman–Crippen LogP) is 2.06. The van der Waals surface area contributed by atoms with Crippen LogP contribution in [-0.2, 0) is 13.1 Å². The van der Waals surface area contributed by atoms with E-state index in [1.54, 1.807) is 0 Å². The molecule has 1 aliphatic carbocycles. The van der Waals surface area contributed by atoms with E-state index in [9.17, 15) is 0 Å². The van der Waals surface area contributed by atoms with Gasteiger partial charge in [-0.3, -0.25) is 0 Å². The van der Waals surface area contributed by atoms with Gasteiger partial charge < -0.3 is 9.88 Å². The van der Waals surface area contributed by atoms with Gasteiger partial charge in [0.25, 0.3) is 0 Å². The van der Waals surface area contributed by atoms with Crippen LogP contribution in [0.5, 0.6) is 0 Å². The first-order chi connectivity index (χ1) is 9.33. The van der Waals surface area contributed by atoms with Gasteiger partial charge in [-0.2, -0.15) is 0 Å². The first-order valence-corrected chi connectivity index (χ1v) is 7.26. The van der Waals surface area contributed by atoms with Gasteiger partial charge in [0.15, 0.2) is 5.82 Å². The monoisotopic (exact) mass is 276 g/mol. The maximum atomic E-state index is 6.21. The van der Waals surface area contributed by atoms with Crippen LogP contribution in [0, 0.1) is 5.92 Å². The SMILES string of the molecule is Clc1ccccc1Cn1ccnc1C[NH2+]CC1CC1. The molecule has 100 valence electrons. The summed E-state index contributed by atoms with van der Waals surface area (Å²) < 4.78 is 2.19. The molecule has 2 aromatic rings. The molecule has 1 fully saturated rings. The van der Waals surface area contributed by atoms with Crippen molar-refractivity contribution < 1.29 is 5.32 Å². The lowest BCUT2D eigenvalue weighted by Crippen LogP contribution is -2.83. The molecule has 0 spiro atoms. The lowest BCUT2D eigenvalue weighted by molar-refractivity contribution is -0.674. The second-order valence-corrected chi connectivity index (χ2v) is 5.64. The van der Waals surface area contributed by atoms with Crippen LogP contribution in [0.1, 0.15) is 24.2 Å². The molecule has 19 heavy (non-hydrogen) atoms. The molecule has 3 rings (SSSR count). The third-order valence-corrected chi connectivity index (χ3v) is 3.99. The van der Waals surface area contributed by atoms with Crippen LogP contribution in [0.4, 0.5) is 0 Å². The van der Waals surface area contributed by atoms with Crippen LogP contribution >= 0.6 is 11.6 Å². The summed E-state index contributed by atoms with van der Waals surface area (Å²) in [6, 6.07) is 7.99. The molecular formula is C15H19ClN3+. The summed E-state index contributed by atoms with van der Waals surface area (Å²) in [4.78, 5) is 4.45. The van der Waals surface area contributed by atoms with Gasteiger partial charge in [0.1, 0.15) is 6.54 Å². The zero-order chi connectivity index (χ0) is 13.1. The molecule has 0 saturated heterocycles. The average molecular weight is 277 g/mol. The van der Waals surface area contributed by atoms with Gasteiger partial charge in [0, 0.05) is 23.3 Å². The number of rotatable bonds is 6. The molecule has 0 atom stereocenters. The van der Waals surface area contributed by atoms with Gasteiger partial charge in [0.05, 0.1) is 13.1 Å². The Hall–Kier alpha value is -1.32. The number of benzene rings is 1. The van der Waals surface area contributed by atoms with Crippen LogP contribution in [0.25, 0.3) is 0 Å². The molecule has 0 radical (unpaired) electrons. The number of aromatic nitrogens is 2. The zero-order valence-corrected chi connectivity index (χ0v) is 11.7. The van der Waals surface area contributed by atoms with Gasteiger partial charge in [-0.1, -0.05) is 29.8 Å². The summed E-state index contributed by atoms with van der Waals surface area (Å²) in [5, 5.41) is 3.19. The first kappa shape index (κ1) is 12.7. The molecule has 1 aliphatic rings.